The van der Waals surface area contributed by atoms with Crippen molar-refractivity contribution in [3.8, 4) is 0 Å². The van der Waals surface area contributed by atoms with E-state index in [0.29, 0.717) is 5.54 Å². The third kappa shape index (κ3) is 1.80. The molecule has 3 rings (SSSR count). The molecule has 3 heterocycles. The molecule has 0 radical (unpaired) electrons. The van der Waals surface area contributed by atoms with Crippen LogP contribution in [0.2, 0.25) is 0 Å². The van der Waals surface area contributed by atoms with Crippen LogP contribution < -0.4 is 10.2 Å². The predicted octanol–water partition coefficient (Wildman–Crippen LogP) is 1.33. The van der Waals surface area contributed by atoms with Gasteiger partial charge in [0.25, 0.3) is 0 Å². The van der Waals surface area contributed by atoms with Crippen LogP contribution in [0.25, 0.3) is 0 Å². The number of anilines is 1. The van der Waals surface area contributed by atoms with Gasteiger partial charge in [-0.2, -0.15) is 5.10 Å². The van der Waals surface area contributed by atoms with Gasteiger partial charge in [-0.25, -0.2) is 0 Å². The highest BCUT2D eigenvalue weighted by atomic mass is 15.4. The molecule has 1 spiro atoms. The van der Waals surface area contributed by atoms with Crippen LogP contribution in [0.15, 0.2) is 12.1 Å². The lowest BCUT2D eigenvalue weighted by Gasteiger charge is -2.56. The summed E-state index contributed by atoms with van der Waals surface area (Å²) in [5, 5.41) is 12.2. The molecule has 0 unspecified atom stereocenters. The lowest BCUT2D eigenvalue weighted by atomic mass is 9.80. The van der Waals surface area contributed by atoms with Gasteiger partial charge in [0.1, 0.15) is 0 Å². The van der Waals surface area contributed by atoms with E-state index >= 15 is 0 Å². The monoisotopic (exact) mass is 232 g/mol. The first-order valence-electron chi connectivity index (χ1n) is 6.33. The Labute approximate surface area is 102 Å². The van der Waals surface area contributed by atoms with E-state index in [9.17, 15) is 0 Å². The Kier molecular flexibility index (Phi) is 2.20. The third-order valence-electron chi connectivity index (χ3n) is 3.83. The van der Waals surface area contributed by atoms with E-state index in [-0.39, 0.29) is 5.41 Å². The third-order valence-corrected chi connectivity index (χ3v) is 3.83. The zero-order valence-electron chi connectivity index (χ0n) is 10.8. The van der Waals surface area contributed by atoms with E-state index in [1.165, 1.54) is 13.0 Å². The van der Waals surface area contributed by atoms with Crippen molar-refractivity contribution < 1.29 is 0 Å². The largest absolute Gasteiger partial charge is 0.351 e. The fraction of sp³-hybridized carbons (Fsp3) is 0.692. The Morgan fingerprint density at radius 1 is 1.24 bits per heavy atom. The number of hydrogen-bond acceptors (Lipinski definition) is 4. The molecule has 1 aromatic heterocycles. The van der Waals surface area contributed by atoms with Crippen LogP contribution in [-0.4, -0.2) is 35.4 Å². The maximum atomic E-state index is 4.34. The van der Waals surface area contributed by atoms with E-state index in [1.54, 1.807) is 0 Å². The van der Waals surface area contributed by atoms with E-state index < -0.39 is 0 Å². The van der Waals surface area contributed by atoms with E-state index in [0.717, 1.165) is 24.6 Å². The summed E-state index contributed by atoms with van der Waals surface area (Å²) in [7, 11) is 0. The summed E-state index contributed by atoms with van der Waals surface area (Å²) in [5.74, 6) is 1.01. The van der Waals surface area contributed by atoms with Crippen molar-refractivity contribution in [1.29, 1.82) is 0 Å². The second-order valence-corrected chi connectivity index (χ2v) is 6.34. The predicted molar refractivity (Wildman–Crippen MR) is 68.3 cm³/mol. The molecule has 0 aromatic carbocycles. The maximum absolute atomic E-state index is 4.34. The molecule has 0 aliphatic carbocycles. The minimum atomic E-state index is 0.0806. The molecule has 0 amide bonds. The van der Waals surface area contributed by atoms with Gasteiger partial charge in [0.15, 0.2) is 5.82 Å². The summed E-state index contributed by atoms with van der Waals surface area (Å²) < 4.78 is 0. The van der Waals surface area contributed by atoms with E-state index in [2.05, 4.69) is 53.3 Å². The highest BCUT2D eigenvalue weighted by molar-refractivity contribution is 5.45. The van der Waals surface area contributed by atoms with Crippen molar-refractivity contribution >= 4 is 5.82 Å². The van der Waals surface area contributed by atoms with Gasteiger partial charge in [0.05, 0.1) is 11.2 Å². The summed E-state index contributed by atoms with van der Waals surface area (Å²) in [6.07, 6.45) is 1.30. The zero-order chi connectivity index (χ0) is 12.1. The highest BCUT2D eigenvalue weighted by Gasteiger charge is 2.47. The average molecular weight is 232 g/mol. The topological polar surface area (TPSA) is 41.0 Å². The highest BCUT2D eigenvalue weighted by Crippen LogP contribution is 2.33. The Morgan fingerprint density at radius 3 is 2.35 bits per heavy atom. The molecule has 4 nitrogen and oxygen atoms in total. The van der Waals surface area contributed by atoms with Gasteiger partial charge < -0.3 is 10.2 Å². The molecule has 0 saturated carbocycles. The molecule has 0 atom stereocenters. The molecule has 2 fully saturated rings. The molecule has 1 aromatic rings. The van der Waals surface area contributed by atoms with Crippen molar-refractivity contribution in [2.45, 2.75) is 38.1 Å². The number of hydrogen-bond donors (Lipinski definition) is 1. The van der Waals surface area contributed by atoms with Crippen molar-refractivity contribution in [3.63, 3.8) is 0 Å². The van der Waals surface area contributed by atoms with Gasteiger partial charge in [-0.15, -0.1) is 5.10 Å². The SMILES string of the molecule is CC(C)(C)c1ccc(N2CC3(CCN3)C2)nn1. The molecular formula is C13H20N4. The van der Waals surface area contributed by atoms with Gasteiger partial charge >= 0.3 is 0 Å². The quantitative estimate of drug-likeness (QED) is 0.793. The van der Waals surface area contributed by atoms with Crippen molar-refractivity contribution in [1.82, 2.24) is 15.5 Å². The molecule has 2 saturated heterocycles. The van der Waals surface area contributed by atoms with Crippen LogP contribution >= 0.6 is 0 Å². The van der Waals surface area contributed by atoms with Crippen molar-refractivity contribution in [2.75, 3.05) is 24.5 Å². The first-order valence-corrected chi connectivity index (χ1v) is 6.33. The zero-order valence-corrected chi connectivity index (χ0v) is 10.8. The first-order chi connectivity index (χ1) is 7.99. The minimum Gasteiger partial charge on any atom is -0.351 e. The van der Waals surface area contributed by atoms with Crippen LogP contribution in [-0.2, 0) is 5.41 Å². The van der Waals surface area contributed by atoms with E-state index in [4.69, 9.17) is 0 Å². The molecule has 0 bridgehead atoms. The van der Waals surface area contributed by atoms with Gasteiger partial charge in [-0.05, 0) is 25.1 Å². The molecule has 2 aliphatic rings. The van der Waals surface area contributed by atoms with Crippen LogP contribution in [0.5, 0.6) is 0 Å². The number of aromatic nitrogens is 2. The van der Waals surface area contributed by atoms with Gasteiger partial charge in [0.2, 0.25) is 0 Å². The molecule has 17 heavy (non-hydrogen) atoms. The van der Waals surface area contributed by atoms with E-state index in [1.807, 2.05) is 0 Å². The van der Waals surface area contributed by atoms with Crippen molar-refractivity contribution in [2.24, 2.45) is 0 Å². The smallest absolute Gasteiger partial charge is 0.151 e. The number of rotatable bonds is 1. The molecule has 4 heteroatoms. The summed E-state index contributed by atoms with van der Waals surface area (Å²) >= 11 is 0. The van der Waals surface area contributed by atoms with Crippen LogP contribution in [0.4, 0.5) is 5.82 Å². The lowest BCUT2D eigenvalue weighted by Crippen LogP contribution is -2.76. The van der Waals surface area contributed by atoms with Gasteiger partial charge in [-0.3, -0.25) is 0 Å². The standard InChI is InChI=1S/C13H20N4/c1-12(2,3)10-4-5-11(16-15-10)17-8-13(9-17)6-7-14-13/h4-5,14H,6-9H2,1-3H3. The fourth-order valence-electron chi connectivity index (χ4n) is 2.49. The van der Waals surface area contributed by atoms with Gasteiger partial charge in [0, 0.05) is 18.5 Å². The Balaban J connectivity index is 1.69. The number of nitrogens with zero attached hydrogens (tertiary/aromatic N) is 3. The second-order valence-electron chi connectivity index (χ2n) is 6.34. The molecule has 92 valence electrons. The van der Waals surface area contributed by atoms with Crippen molar-refractivity contribution in [3.05, 3.63) is 17.8 Å². The van der Waals surface area contributed by atoms with Crippen LogP contribution in [0.3, 0.4) is 0 Å². The van der Waals surface area contributed by atoms with Crippen LogP contribution in [0.1, 0.15) is 32.9 Å². The summed E-state index contributed by atoms with van der Waals surface area (Å²) in [4.78, 5) is 2.30. The average Bonchev–Trinajstić information content (AvgIpc) is 2.12. The first kappa shape index (κ1) is 11.0. The Morgan fingerprint density at radius 2 is 1.94 bits per heavy atom. The molecule has 2 aliphatic heterocycles. The second kappa shape index (κ2) is 3.42. The summed E-state index contributed by atoms with van der Waals surface area (Å²) in [6, 6.07) is 4.20. The summed E-state index contributed by atoms with van der Waals surface area (Å²) in [5.41, 5.74) is 1.54. The minimum absolute atomic E-state index is 0.0806. The van der Waals surface area contributed by atoms with Crippen LogP contribution in [0, 0.1) is 0 Å². The molecular weight excluding hydrogens is 212 g/mol. The lowest BCUT2D eigenvalue weighted by molar-refractivity contribution is 0.158. The Hall–Kier alpha value is -1.16. The Bertz CT molecular complexity index is 406. The summed E-state index contributed by atoms with van der Waals surface area (Å²) in [6.45, 7) is 9.81. The maximum Gasteiger partial charge on any atom is 0.151 e. The fourth-order valence-corrected chi connectivity index (χ4v) is 2.49. The van der Waals surface area contributed by atoms with Gasteiger partial charge in [-0.1, -0.05) is 20.8 Å². The number of nitrogens with one attached hydrogen (secondary N) is 1. The normalized spacial score (nSPS) is 22.2. The molecule has 1 N–H and O–H groups in total.